The fraction of sp³-hybridized carbons (Fsp3) is 0.526. The van der Waals surface area contributed by atoms with E-state index in [0.29, 0.717) is 17.7 Å². The summed E-state index contributed by atoms with van der Waals surface area (Å²) in [5.74, 6) is 0.497. The molecule has 2 aliphatic rings. The summed E-state index contributed by atoms with van der Waals surface area (Å²) in [5, 5.41) is 9.82. The Kier molecular flexibility index (Phi) is 4.63. The lowest BCUT2D eigenvalue weighted by atomic mass is 9.85. The average Bonchev–Trinajstić information content (AvgIpc) is 2.64. The van der Waals surface area contributed by atoms with E-state index in [-0.39, 0.29) is 11.7 Å². The van der Waals surface area contributed by atoms with Crippen LogP contribution in [-0.2, 0) is 6.54 Å². The molecule has 0 radical (unpaired) electrons. The molecule has 1 saturated heterocycles. The van der Waals surface area contributed by atoms with Crippen LogP contribution in [0, 0.1) is 5.92 Å². The summed E-state index contributed by atoms with van der Waals surface area (Å²) >= 11 is 0. The van der Waals surface area contributed by atoms with E-state index in [9.17, 15) is 9.90 Å². The Labute approximate surface area is 147 Å². The van der Waals surface area contributed by atoms with Gasteiger partial charge in [0.1, 0.15) is 0 Å². The van der Waals surface area contributed by atoms with E-state index in [4.69, 9.17) is 0 Å². The van der Waals surface area contributed by atoms with Crippen LogP contribution < -0.4 is 5.56 Å². The molecule has 25 heavy (non-hydrogen) atoms. The van der Waals surface area contributed by atoms with Crippen molar-refractivity contribution in [1.82, 2.24) is 19.4 Å². The lowest BCUT2D eigenvalue weighted by Gasteiger charge is -2.44. The van der Waals surface area contributed by atoms with Crippen LogP contribution in [0.25, 0.3) is 11.3 Å². The molecule has 0 spiro atoms. The molecular weight excluding hydrogens is 316 g/mol. The van der Waals surface area contributed by atoms with E-state index in [0.717, 1.165) is 50.9 Å². The normalized spacial score (nSPS) is 24.8. The number of rotatable bonds is 4. The minimum atomic E-state index is -0.136. The Hall–Kier alpha value is -2.05. The second-order valence-electron chi connectivity index (χ2n) is 7.20. The van der Waals surface area contributed by atoms with E-state index in [1.807, 2.05) is 12.1 Å². The van der Waals surface area contributed by atoms with Gasteiger partial charge in [0.25, 0.3) is 5.56 Å². The third-order valence-corrected chi connectivity index (χ3v) is 5.61. The molecule has 6 heteroatoms. The SMILES string of the molecule is O=c1cc(-c2cccnc2)ncn1CC1CCN(C2CCC2O)CC1. The standard InChI is InChI=1S/C19H24N4O2/c24-18-4-3-17(18)22-8-5-14(6-9-22)12-23-13-21-16(10-19(23)25)15-2-1-7-20-11-15/h1-2,7,10-11,13-14,17-18,24H,3-6,8-9,12H2. The van der Waals surface area contributed by atoms with Gasteiger partial charge in [-0.1, -0.05) is 0 Å². The van der Waals surface area contributed by atoms with Crippen LogP contribution in [0.15, 0.2) is 41.7 Å². The molecule has 3 heterocycles. The van der Waals surface area contributed by atoms with Crippen LogP contribution in [0.4, 0.5) is 0 Å². The topological polar surface area (TPSA) is 71.2 Å². The summed E-state index contributed by atoms with van der Waals surface area (Å²) in [6.07, 6.45) is 9.15. The first-order valence-electron chi connectivity index (χ1n) is 9.10. The lowest BCUT2D eigenvalue weighted by Crippen LogP contribution is -2.53. The van der Waals surface area contributed by atoms with Crippen molar-refractivity contribution in [2.24, 2.45) is 5.92 Å². The monoisotopic (exact) mass is 340 g/mol. The fourth-order valence-corrected chi connectivity index (χ4v) is 3.87. The van der Waals surface area contributed by atoms with E-state index >= 15 is 0 Å². The number of piperidine rings is 1. The van der Waals surface area contributed by atoms with Crippen LogP contribution in [0.1, 0.15) is 25.7 Å². The van der Waals surface area contributed by atoms with Gasteiger partial charge in [-0.3, -0.25) is 19.2 Å². The van der Waals surface area contributed by atoms with Crippen molar-refractivity contribution in [3.8, 4) is 11.3 Å². The van der Waals surface area contributed by atoms with Crippen molar-refractivity contribution in [3.05, 3.63) is 47.3 Å². The predicted molar refractivity (Wildman–Crippen MR) is 95.1 cm³/mol. The molecule has 2 aromatic heterocycles. The highest BCUT2D eigenvalue weighted by molar-refractivity contribution is 5.56. The summed E-state index contributed by atoms with van der Waals surface area (Å²) in [4.78, 5) is 23.3. The number of nitrogens with zero attached hydrogens (tertiary/aromatic N) is 4. The first-order valence-corrected chi connectivity index (χ1v) is 9.10. The summed E-state index contributed by atoms with van der Waals surface area (Å²) in [6, 6.07) is 5.71. The van der Waals surface area contributed by atoms with Crippen molar-refractivity contribution in [1.29, 1.82) is 0 Å². The second-order valence-corrected chi connectivity index (χ2v) is 7.20. The maximum Gasteiger partial charge on any atom is 0.253 e. The zero-order valence-corrected chi connectivity index (χ0v) is 14.3. The lowest BCUT2D eigenvalue weighted by molar-refractivity contribution is -0.0346. The minimum Gasteiger partial charge on any atom is -0.391 e. The number of pyridine rings is 1. The summed E-state index contributed by atoms with van der Waals surface area (Å²) in [7, 11) is 0. The smallest absolute Gasteiger partial charge is 0.253 e. The van der Waals surface area contributed by atoms with Crippen LogP contribution in [0.3, 0.4) is 0 Å². The quantitative estimate of drug-likeness (QED) is 0.914. The Morgan fingerprint density at radius 1 is 1.20 bits per heavy atom. The summed E-state index contributed by atoms with van der Waals surface area (Å²) in [5.41, 5.74) is 1.52. The Morgan fingerprint density at radius 3 is 2.64 bits per heavy atom. The number of hydrogen-bond donors (Lipinski definition) is 1. The van der Waals surface area contributed by atoms with E-state index < -0.39 is 0 Å². The van der Waals surface area contributed by atoms with Crippen LogP contribution in [0.2, 0.25) is 0 Å². The molecule has 132 valence electrons. The van der Waals surface area contributed by atoms with Crippen molar-refractivity contribution in [2.75, 3.05) is 13.1 Å². The molecule has 1 N–H and O–H groups in total. The maximum absolute atomic E-state index is 12.4. The highest BCUT2D eigenvalue weighted by Crippen LogP contribution is 2.29. The highest BCUT2D eigenvalue weighted by atomic mass is 16.3. The summed E-state index contributed by atoms with van der Waals surface area (Å²) < 4.78 is 1.72. The van der Waals surface area contributed by atoms with Gasteiger partial charge in [0.2, 0.25) is 0 Å². The Balaban J connectivity index is 1.38. The highest BCUT2D eigenvalue weighted by Gasteiger charge is 2.35. The first kappa shape index (κ1) is 16.4. The number of aromatic nitrogens is 3. The molecule has 2 fully saturated rings. The molecule has 0 amide bonds. The van der Waals surface area contributed by atoms with E-state index in [1.165, 1.54) is 0 Å². The van der Waals surface area contributed by atoms with Crippen LogP contribution >= 0.6 is 0 Å². The van der Waals surface area contributed by atoms with Crippen LogP contribution in [0.5, 0.6) is 0 Å². The number of aliphatic hydroxyl groups is 1. The Morgan fingerprint density at radius 2 is 2.04 bits per heavy atom. The van der Waals surface area contributed by atoms with Gasteiger partial charge in [0.15, 0.2) is 0 Å². The summed E-state index contributed by atoms with van der Waals surface area (Å²) in [6.45, 7) is 2.75. The van der Waals surface area contributed by atoms with Gasteiger partial charge in [0.05, 0.1) is 18.1 Å². The molecule has 1 aliphatic heterocycles. The second kappa shape index (κ2) is 7.06. The molecule has 6 nitrogen and oxygen atoms in total. The van der Waals surface area contributed by atoms with Crippen LogP contribution in [-0.4, -0.2) is 49.8 Å². The molecule has 2 atom stereocenters. The van der Waals surface area contributed by atoms with Gasteiger partial charge < -0.3 is 5.11 Å². The van der Waals surface area contributed by atoms with Gasteiger partial charge in [-0.25, -0.2) is 4.98 Å². The van der Waals surface area contributed by atoms with Gasteiger partial charge in [-0.15, -0.1) is 0 Å². The molecule has 1 saturated carbocycles. The van der Waals surface area contributed by atoms with Gasteiger partial charge in [0, 0.05) is 36.6 Å². The molecule has 0 aromatic carbocycles. The number of likely N-dealkylation sites (tertiary alicyclic amines) is 1. The first-order chi connectivity index (χ1) is 12.2. The van der Waals surface area contributed by atoms with Crippen molar-refractivity contribution >= 4 is 0 Å². The molecular formula is C19H24N4O2. The number of aliphatic hydroxyl groups excluding tert-OH is 1. The van der Waals surface area contributed by atoms with Gasteiger partial charge >= 0.3 is 0 Å². The van der Waals surface area contributed by atoms with Crippen molar-refractivity contribution < 1.29 is 5.11 Å². The zero-order valence-electron chi connectivity index (χ0n) is 14.3. The van der Waals surface area contributed by atoms with E-state index in [2.05, 4.69) is 14.9 Å². The third-order valence-electron chi connectivity index (χ3n) is 5.61. The molecule has 2 aromatic rings. The van der Waals surface area contributed by atoms with Gasteiger partial charge in [-0.2, -0.15) is 0 Å². The van der Waals surface area contributed by atoms with Crippen molar-refractivity contribution in [2.45, 2.75) is 44.4 Å². The number of hydrogen-bond acceptors (Lipinski definition) is 5. The average molecular weight is 340 g/mol. The predicted octanol–water partition coefficient (Wildman–Crippen LogP) is 1.54. The Bertz CT molecular complexity index is 768. The molecule has 0 bridgehead atoms. The molecule has 1 aliphatic carbocycles. The van der Waals surface area contributed by atoms with Crippen molar-refractivity contribution in [3.63, 3.8) is 0 Å². The molecule has 4 rings (SSSR count). The third kappa shape index (κ3) is 3.50. The van der Waals surface area contributed by atoms with Gasteiger partial charge in [-0.05, 0) is 56.8 Å². The zero-order chi connectivity index (χ0) is 17.2. The maximum atomic E-state index is 12.4. The van der Waals surface area contributed by atoms with E-state index in [1.54, 1.807) is 29.4 Å². The largest absolute Gasteiger partial charge is 0.391 e. The molecule has 2 unspecified atom stereocenters. The minimum absolute atomic E-state index is 0.00861. The fourth-order valence-electron chi connectivity index (χ4n) is 3.87.